The van der Waals surface area contributed by atoms with E-state index in [1.165, 1.54) is 33.4 Å². The molecule has 3 nitrogen and oxygen atoms in total. The van der Waals surface area contributed by atoms with E-state index in [2.05, 4.69) is 128 Å². The Bertz CT molecular complexity index is 2150. The summed E-state index contributed by atoms with van der Waals surface area (Å²) in [6.45, 7) is 4.63. The highest BCUT2D eigenvalue weighted by atomic mass is 16.3. The van der Waals surface area contributed by atoms with Crippen molar-refractivity contribution < 1.29 is 9.44 Å². The summed E-state index contributed by atoms with van der Waals surface area (Å²) < 4.78 is 6.57. The molecule has 1 radical (unpaired) electrons. The number of para-hydroxylation sites is 2. The Labute approximate surface area is 251 Å². The molecule has 6 aromatic carbocycles. The molecule has 8 rings (SSSR count). The van der Waals surface area contributed by atoms with Crippen LogP contribution in [-0.4, -0.2) is 12.5 Å². The van der Waals surface area contributed by atoms with Crippen molar-refractivity contribution in [2.75, 3.05) is 4.90 Å². The van der Waals surface area contributed by atoms with E-state index >= 15 is 0 Å². The van der Waals surface area contributed by atoms with Crippen molar-refractivity contribution in [3.63, 3.8) is 0 Å². The van der Waals surface area contributed by atoms with E-state index in [0.717, 1.165) is 40.9 Å². The fourth-order valence-electron chi connectivity index (χ4n) is 6.80. The summed E-state index contributed by atoms with van der Waals surface area (Å²) in [6.07, 6.45) is 0. The van der Waals surface area contributed by atoms with E-state index in [9.17, 15) is 5.02 Å². The third-order valence-electron chi connectivity index (χ3n) is 8.97. The van der Waals surface area contributed by atoms with Gasteiger partial charge >= 0.3 is 7.48 Å². The van der Waals surface area contributed by atoms with Gasteiger partial charge in [-0.1, -0.05) is 117 Å². The van der Waals surface area contributed by atoms with E-state index in [4.69, 9.17) is 4.42 Å². The SMILES string of the molecule is CC1(C)c2ccccc2-c2ccc(N(c3ccc(-c4ccccc4)cc3)c3cccc4c3oc3c([B]O)cccc34)cc21. The molecular formula is C39H29BNO2. The lowest BCUT2D eigenvalue weighted by Crippen LogP contribution is -2.16. The number of furan rings is 1. The highest BCUT2D eigenvalue weighted by molar-refractivity contribution is 6.50. The van der Waals surface area contributed by atoms with Crippen LogP contribution < -0.4 is 10.4 Å². The Morgan fingerprint density at radius 2 is 1.23 bits per heavy atom. The zero-order chi connectivity index (χ0) is 29.1. The molecule has 0 fully saturated rings. The summed E-state index contributed by atoms with van der Waals surface area (Å²) in [6, 6.07) is 46.9. The molecule has 0 atom stereocenters. The summed E-state index contributed by atoms with van der Waals surface area (Å²) in [5, 5.41) is 11.9. The van der Waals surface area contributed by atoms with Crippen LogP contribution in [-0.2, 0) is 5.41 Å². The van der Waals surface area contributed by atoms with Crippen LogP contribution in [0.2, 0.25) is 0 Å². The number of nitrogens with zero attached hydrogens (tertiary/aromatic N) is 1. The van der Waals surface area contributed by atoms with E-state index in [-0.39, 0.29) is 5.41 Å². The number of fused-ring (bicyclic) bond motifs is 6. The Kier molecular flexibility index (Phi) is 5.82. The molecule has 1 aromatic heterocycles. The topological polar surface area (TPSA) is 36.6 Å². The van der Waals surface area contributed by atoms with Gasteiger partial charge < -0.3 is 14.3 Å². The van der Waals surface area contributed by atoms with Crippen LogP contribution in [0.1, 0.15) is 25.0 Å². The summed E-state index contributed by atoms with van der Waals surface area (Å²) in [5.41, 5.74) is 12.6. The summed E-state index contributed by atoms with van der Waals surface area (Å²) >= 11 is 0. The standard InChI is InChI=1S/C39H29BNO2/c1-39(2)33-15-7-6-12-29(33)30-23-22-28(24-34(30)39)41(27-20-18-26(19-21-27)25-10-4-3-5-11-25)36-17-9-14-32-31-13-8-16-35(40-42)37(31)43-38(32)36/h3-24,42H,1-2H3. The highest BCUT2D eigenvalue weighted by Gasteiger charge is 2.36. The van der Waals surface area contributed by atoms with Crippen LogP contribution in [0.3, 0.4) is 0 Å². The van der Waals surface area contributed by atoms with Crippen LogP contribution in [0.5, 0.6) is 0 Å². The van der Waals surface area contributed by atoms with E-state index < -0.39 is 0 Å². The van der Waals surface area contributed by atoms with Gasteiger partial charge in [0.05, 0.1) is 5.69 Å². The van der Waals surface area contributed by atoms with E-state index in [0.29, 0.717) is 11.0 Å². The number of benzene rings is 6. The predicted octanol–water partition coefficient (Wildman–Crippen LogP) is 9.27. The molecule has 1 heterocycles. The van der Waals surface area contributed by atoms with Gasteiger partial charge in [-0.05, 0) is 69.2 Å². The lowest BCUT2D eigenvalue weighted by Gasteiger charge is -2.28. The molecule has 0 aliphatic heterocycles. The molecule has 0 saturated heterocycles. The monoisotopic (exact) mass is 554 g/mol. The van der Waals surface area contributed by atoms with Crippen LogP contribution in [0.25, 0.3) is 44.2 Å². The average Bonchev–Trinajstić information content (AvgIpc) is 3.55. The van der Waals surface area contributed by atoms with Crippen molar-refractivity contribution in [1.82, 2.24) is 0 Å². The number of hydrogen-bond acceptors (Lipinski definition) is 3. The van der Waals surface area contributed by atoms with Crippen molar-refractivity contribution in [2.45, 2.75) is 19.3 Å². The van der Waals surface area contributed by atoms with Crippen LogP contribution in [0.15, 0.2) is 138 Å². The molecule has 7 aromatic rings. The third kappa shape index (κ3) is 3.94. The van der Waals surface area contributed by atoms with Gasteiger partial charge in [0.15, 0.2) is 5.58 Å². The first kappa shape index (κ1) is 25.6. The van der Waals surface area contributed by atoms with Gasteiger partial charge in [0.25, 0.3) is 0 Å². The normalized spacial score (nSPS) is 13.2. The molecule has 1 N–H and O–H groups in total. The predicted molar refractivity (Wildman–Crippen MR) is 179 cm³/mol. The first-order chi connectivity index (χ1) is 21.0. The minimum Gasteiger partial charge on any atom is -0.454 e. The third-order valence-corrected chi connectivity index (χ3v) is 8.97. The van der Waals surface area contributed by atoms with Gasteiger partial charge in [0, 0.05) is 27.6 Å². The Morgan fingerprint density at radius 3 is 2.02 bits per heavy atom. The average molecular weight is 554 g/mol. The van der Waals surface area contributed by atoms with Crippen LogP contribution in [0, 0.1) is 0 Å². The molecule has 4 heteroatoms. The van der Waals surface area contributed by atoms with Gasteiger partial charge in [-0.15, -0.1) is 0 Å². The van der Waals surface area contributed by atoms with Crippen molar-refractivity contribution in [2.24, 2.45) is 0 Å². The molecule has 0 unspecified atom stereocenters. The molecule has 1 aliphatic carbocycles. The van der Waals surface area contributed by atoms with E-state index in [1.54, 1.807) is 0 Å². The largest absolute Gasteiger partial charge is 0.454 e. The van der Waals surface area contributed by atoms with Crippen LogP contribution in [0.4, 0.5) is 17.1 Å². The maximum absolute atomic E-state index is 9.93. The minimum atomic E-state index is -0.123. The Morgan fingerprint density at radius 1 is 0.581 bits per heavy atom. The molecular weight excluding hydrogens is 525 g/mol. The fraction of sp³-hybridized carbons (Fsp3) is 0.0769. The molecule has 0 saturated carbocycles. The summed E-state index contributed by atoms with van der Waals surface area (Å²) in [5.74, 6) is 0. The van der Waals surface area contributed by atoms with Gasteiger partial charge in [0.1, 0.15) is 5.58 Å². The lowest BCUT2D eigenvalue weighted by atomic mass is 9.82. The van der Waals surface area contributed by atoms with Crippen molar-refractivity contribution in [1.29, 1.82) is 0 Å². The maximum atomic E-state index is 9.93. The Hall–Kier alpha value is -5.06. The molecule has 43 heavy (non-hydrogen) atoms. The van der Waals surface area contributed by atoms with Crippen molar-refractivity contribution in [3.8, 4) is 22.3 Å². The Balaban J connectivity index is 1.35. The van der Waals surface area contributed by atoms with E-state index in [1.807, 2.05) is 24.3 Å². The second-order valence-corrected chi connectivity index (χ2v) is 11.8. The van der Waals surface area contributed by atoms with Gasteiger partial charge in [-0.3, -0.25) is 0 Å². The molecule has 0 spiro atoms. The fourth-order valence-corrected chi connectivity index (χ4v) is 6.80. The van der Waals surface area contributed by atoms with Crippen molar-refractivity contribution in [3.05, 3.63) is 145 Å². The second kappa shape index (κ2) is 9.76. The second-order valence-electron chi connectivity index (χ2n) is 11.8. The first-order valence-corrected chi connectivity index (χ1v) is 14.7. The molecule has 1 aliphatic rings. The zero-order valence-corrected chi connectivity index (χ0v) is 24.1. The lowest BCUT2D eigenvalue weighted by molar-refractivity contribution is 0.613. The molecule has 0 bridgehead atoms. The van der Waals surface area contributed by atoms with Gasteiger partial charge in [0.2, 0.25) is 0 Å². The number of rotatable bonds is 5. The molecule has 205 valence electrons. The highest BCUT2D eigenvalue weighted by Crippen LogP contribution is 2.51. The summed E-state index contributed by atoms with van der Waals surface area (Å²) in [4.78, 5) is 2.29. The smallest absolute Gasteiger partial charge is 0.330 e. The maximum Gasteiger partial charge on any atom is 0.330 e. The van der Waals surface area contributed by atoms with Crippen LogP contribution >= 0.6 is 0 Å². The molecule has 0 amide bonds. The first-order valence-electron chi connectivity index (χ1n) is 14.7. The van der Waals surface area contributed by atoms with Gasteiger partial charge in [-0.2, -0.15) is 0 Å². The number of hydrogen-bond donors (Lipinski definition) is 1. The number of anilines is 3. The zero-order valence-electron chi connectivity index (χ0n) is 24.1. The van der Waals surface area contributed by atoms with Gasteiger partial charge in [-0.25, -0.2) is 0 Å². The summed E-state index contributed by atoms with van der Waals surface area (Å²) in [7, 11) is 1.12. The minimum absolute atomic E-state index is 0.123. The quantitative estimate of drug-likeness (QED) is 0.216. The van der Waals surface area contributed by atoms with Crippen molar-refractivity contribution >= 4 is 51.9 Å².